The monoisotopic (exact) mass is 382 g/mol. The van der Waals surface area contributed by atoms with Crippen LogP contribution in [0.1, 0.15) is 53.9 Å². The van der Waals surface area contributed by atoms with Gasteiger partial charge in [0.05, 0.1) is 5.69 Å². The van der Waals surface area contributed by atoms with Crippen LogP contribution in [0.15, 0.2) is 29.9 Å². The van der Waals surface area contributed by atoms with Gasteiger partial charge in [0.25, 0.3) is 5.91 Å². The van der Waals surface area contributed by atoms with Gasteiger partial charge in [0.1, 0.15) is 5.82 Å². The van der Waals surface area contributed by atoms with Gasteiger partial charge in [-0.05, 0) is 30.9 Å². The van der Waals surface area contributed by atoms with E-state index in [1.54, 1.807) is 12.4 Å². The molecule has 1 unspecified atom stereocenters. The molecule has 4 heterocycles. The largest absolute Gasteiger partial charge is 0.347 e. The molecular formula is C19H22N6OS. The predicted molar refractivity (Wildman–Crippen MR) is 104 cm³/mol. The maximum atomic E-state index is 12.6. The number of pyridine rings is 1. The van der Waals surface area contributed by atoms with Gasteiger partial charge in [0, 0.05) is 42.3 Å². The molecule has 3 aromatic rings. The van der Waals surface area contributed by atoms with Crippen LogP contribution in [0.3, 0.4) is 0 Å². The molecule has 0 saturated heterocycles. The second kappa shape index (κ2) is 7.56. The second-order valence-corrected chi connectivity index (χ2v) is 7.92. The van der Waals surface area contributed by atoms with Gasteiger partial charge in [-0.1, -0.05) is 13.8 Å². The molecule has 140 valence electrons. The van der Waals surface area contributed by atoms with Crippen molar-refractivity contribution >= 4 is 17.2 Å². The smallest absolute Gasteiger partial charge is 0.280 e. The SMILES string of the molecule is CC(C)c1csc(C(=O)NC2CCc3nnc(-c4cccnc4)n3CC2)n1. The highest BCUT2D eigenvalue weighted by Crippen LogP contribution is 2.23. The Balaban J connectivity index is 1.44. The Hall–Kier alpha value is -2.61. The highest BCUT2D eigenvalue weighted by atomic mass is 32.1. The minimum Gasteiger partial charge on any atom is -0.347 e. The summed E-state index contributed by atoms with van der Waals surface area (Å²) in [5, 5.41) is 14.3. The fourth-order valence-electron chi connectivity index (χ4n) is 3.24. The van der Waals surface area contributed by atoms with Crippen molar-refractivity contribution in [2.75, 3.05) is 0 Å². The molecule has 7 nitrogen and oxygen atoms in total. The van der Waals surface area contributed by atoms with Gasteiger partial charge < -0.3 is 9.88 Å². The van der Waals surface area contributed by atoms with Crippen LogP contribution in [0.25, 0.3) is 11.4 Å². The number of amides is 1. The third-order valence-electron chi connectivity index (χ3n) is 4.81. The minimum atomic E-state index is -0.0814. The van der Waals surface area contributed by atoms with Crippen molar-refractivity contribution in [1.82, 2.24) is 30.0 Å². The average Bonchev–Trinajstić information content (AvgIpc) is 3.28. The summed E-state index contributed by atoms with van der Waals surface area (Å²) in [5.41, 5.74) is 1.93. The highest BCUT2D eigenvalue weighted by Gasteiger charge is 2.23. The van der Waals surface area contributed by atoms with E-state index in [1.807, 2.05) is 17.5 Å². The summed E-state index contributed by atoms with van der Waals surface area (Å²) < 4.78 is 2.14. The lowest BCUT2D eigenvalue weighted by Crippen LogP contribution is -2.35. The number of nitrogens with one attached hydrogen (secondary N) is 1. The van der Waals surface area contributed by atoms with Gasteiger partial charge in [0.15, 0.2) is 10.8 Å². The third-order valence-corrected chi connectivity index (χ3v) is 5.67. The van der Waals surface area contributed by atoms with Gasteiger partial charge in [0.2, 0.25) is 0 Å². The maximum absolute atomic E-state index is 12.6. The number of rotatable bonds is 4. The summed E-state index contributed by atoms with van der Waals surface area (Å²) in [5.74, 6) is 2.05. The molecule has 0 radical (unpaired) electrons. The van der Waals surface area contributed by atoms with Crippen molar-refractivity contribution in [2.45, 2.75) is 51.6 Å². The molecule has 3 aromatic heterocycles. The number of carbonyl (C=O) groups excluding carboxylic acids is 1. The number of carbonyl (C=O) groups is 1. The predicted octanol–water partition coefficient (Wildman–Crippen LogP) is 3.05. The van der Waals surface area contributed by atoms with E-state index in [0.29, 0.717) is 10.9 Å². The summed E-state index contributed by atoms with van der Waals surface area (Å²) in [6.45, 7) is 4.93. The zero-order chi connectivity index (χ0) is 18.8. The first-order valence-electron chi connectivity index (χ1n) is 9.20. The fraction of sp³-hybridized carbons (Fsp3) is 0.421. The summed E-state index contributed by atoms with van der Waals surface area (Å²) in [6.07, 6.45) is 6.02. The Morgan fingerprint density at radius 1 is 1.33 bits per heavy atom. The first-order valence-corrected chi connectivity index (χ1v) is 10.1. The number of hydrogen-bond acceptors (Lipinski definition) is 6. The van der Waals surface area contributed by atoms with Crippen LogP contribution in [-0.4, -0.2) is 36.7 Å². The van der Waals surface area contributed by atoms with Gasteiger partial charge in [-0.2, -0.15) is 0 Å². The van der Waals surface area contributed by atoms with Crippen molar-refractivity contribution in [3.63, 3.8) is 0 Å². The molecular weight excluding hydrogens is 360 g/mol. The average molecular weight is 382 g/mol. The number of aromatic nitrogens is 5. The van der Waals surface area contributed by atoms with Crippen molar-refractivity contribution in [1.29, 1.82) is 0 Å². The standard InChI is InChI=1S/C19H22N6OS/c1-12(2)15-11-27-19(22-15)18(26)21-14-5-6-16-23-24-17(25(16)9-7-14)13-4-3-8-20-10-13/h3-4,8,10-12,14H,5-7,9H2,1-2H3,(H,21,26). The highest BCUT2D eigenvalue weighted by molar-refractivity contribution is 7.11. The lowest BCUT2D eigenvalue weighted by atomic mass is 10.1. The first-order chi connectivity index (χ1) is 13.1. The van der Waals surface area contributed by atoms with Crippen molar-refractivity contribution in [3.8, 4) is 11.4 Å². The summed E-state index contributed by atoms with van der Waals surface area (Å²) in [4.78, 5) is 21.2. The molecule has 1 atom stereocenters. The van der Waals surface area contributed by atoms with E-state index < -0.39 is 0 Å². The molecule has 0 fully saturated rings. The normalized spacial score (nSPS) is 16.8. The van der Waals surface area contributed by atoms with Crippen LogP contribution in [-0.2, 0) is 13.0 Å². The van der Waals surface area contributed by atoms with Crippen molar-refractivity contribution < 1.29 is 4.79 Å². The molecule has 0 bridgehead atoms. The van der Waals surface area contributed by atoms with Gasteiger partial charge in [-0.3, -0.25) is 9.78 Å². The summed E-state index contributed by atoms with van der Waals surface area (Å²) in [6, 6.07) is 3.99. The zero-order valence-electron chi connectivity index (χ0n) is 15.4. The molecule has 27 heavy (non-hydrogen) atoms. The number of thiazole rings is 1. The molecule has 1 N–H and O–H groups in total. The Kier molecular flexibility index (Phi) is 4.98. The number of hydrogen-bond donors (Lipinski definition) is 1. The molecule has 0 aromatic carbocycles. The van der Waals surface area contributed by atoms with E-state index in [0.717, 1.165) is 48.7 Å². The van der Waals surface area contributed by atoms with E-state index in [2.05, 4.69) is 43.9 Å². The Morgan fingerprint density at radius 3 is 2.96 bits per heavy atom. The molecule has 1 aliphatic heterocycles. The Bertz CT molecular complexity index is 933. The topological polar surface area (TPSA) is 85.6 Å². The first kappa shape index (κ1) is 17.8. The maximum Gasteiger partial charge on any atom is 0.280 e. The van der Waals surface area contributed by atoms with Gasteiger partial charge in [-0.15, -0.1) is 21.5 Å². The van der Waals surface area contributed by atoms with Gasteiger partial charge >= 0.3 is 0 Å². The van der Waals surface area contributed by atoms with Crippen molar-refractivity contribution in [2.24, 2.45) is 0 Å². The third kappa shape index (κ3) is 3.75. The zero-order valence-corrected chi connectivity index (χ0v) is 16.2. The van der Waals surface area contributed by atoms with E-state index in [9.17, 15) is 4.79 Å². The van der Waals surface area contributed by atoms with Gasteiger partial charge in [-0.25, -0.2) is 4.98 Å². The van der Waals surface area contributed by atoms with Crippen LogP contribution >= 0.6 is 11.3 Å². The molecule has 1 amide bonds. The van der Waals surface area contributed by atoms with Crippen molar-refractivity contribution in [3.05, 3.63) is 46.4 Å². The van der Waals surface area contributed by atoms with Crippen LogP contribution in [0.5, 0.6) is 0 Å². The van der Waals surface area contributed by atoms with E-state index >= 15 is 0 Å². The van der Waals surface area contributed by atoms with E-state index in [-0.39, 0.29) is 11.9 Å². The fourth-order valence-corrected chi connectivity index (χ4v) is 4.12. The number of nitrogens with zero attached hydrogens (tertiary/aromatic N) is 5. The lowest BCUT2D eigenvalue weighted by molar-refractivity contribution is 0.0932. The molecule has 8 heteroatoms. The molecule has 0 aliphatic carbocycles. The van der Waals surface area contributed by atoms with Crippen LogP contribution < -0.4 is 5.32 Å². The molecule has 1 aliphatic rings. The van der Waals surface area contributed by atoms with E-state index in [1.165, 1.54) is 11.3 Å². The molecule has 0 saturated carbocycles. The summed E-state index contributed by atoms with van der Waals surface area (Å²) in [7, 11) is 0. The number of aryl methyl sites for hydroxylation is 1. The minimum absolute atomic E-state index is 0.0814. The quantitative estimate of drug-likeness (QED) is 0.749. The molecule has 0 spiro atoms. The van der Waals surface area contributed by atoms with Crippen LogP contribution in [0, 0.1) is 0 Å². The van der Waals surface area contributed by atoms with Crippen LogP contribution in [0.4, 0.5) is 0 Å². The Morgan fingerprint density at radius 2 is 2.22 bits per heavy atom. The summed E-state index contributed by atoms with van der Waals surface area (Å²) >= 11 is 1.41. The van der Waals surface area contributed by atoms with Crippen LogP contribution in [0.2, 0.25) is 0 Å². The van der Waals surface area contributed by atoms with E-state index in [4.69, 9.17) is 0 Å². The Labute approximate surface area is 161 Å². The lowest BCUT2D eigenvalue weighted by Gasteiger charge is -2.15. The number of fused-ring (bicyclic) bond motifs is 1. The molecule has 4 rings (SSSR count). The second-order valence-electron chi connectivity index (χ2n) is 7.06.